The summed E-state index contributed by atoms with van der Waals surface area (Å²) in [4.78, 5) is 12.6. The van der Waals surface area contributed by atoms with Gasteiger partial charge in [-0.25, -0.2) is 0 Å². The van der Waals surface area contributed by atoms with E-state index in [1.165, 1.54) is 0 Å². The third-order valence-corrected chi connectivity index (χ3v) is 4.87. The molecule has 0 spiro atoms. The second-order valence-electron chi connectivity index (χ2n) is 6.14. The fourth-order valence-electron chi connectivity index (χ4n) is 2.79. The Morgan fingerprint density at radius 1 is 1.04 bits per heavy atom. The van der Waals surface area contributed by atoms with E-state index in [-0.39, 0.29) is 5.91 Å². The quantitative estimate of drug-likeness (QED) is 0.492. The highest BCUT2D eigenvalue weighted by Crippen LogP contribution is 2.25. The lowest BCUT2D eigenvalue weighted by atomic mass is 10.2. The van der Waals surface area contributed by atoms with Crippen molar-refractivity contribution in [2.45, 2.75) is 6.54 Å². The number of carbonyl (C=O) groups is 1. The summed E-state index contributed by atoms with van der Waals surface area (Å²) in [6, 6.07) is 20.7. The van der Waals surface area contributed by atoms with Crippen LogP contribution in [0.3, 0.4) is 0 Å². The smallest absolute Gasteiger partial charge is 0.255 e. The highest BCUT2D eigenvalue weighted by Gasteiger charge is 2.12. The Morgan fingerprint density at radius 3 is 2.68 bits per heavy atom. The van der Waals surface area contributed by atoms with Gasteiger partial charge in [0.05, 0.1) is 17.8 Å². The maximum Gasteiger partial charge on any atom is 0.255 e. The molecular weight excluding hydrogens is 370 g/mol. The van der Waals surface area contributed by atoms with Gasteiger partial charge in [0, 0.05) is 23.7 Å². The molecule has 1 N–H and O–H groups in total. The number of nitrogens with zero attached hydrogens (tertiary/aromatic N) is 2. The third-order valence-electron chi connectivity index (χ3n) is 4.19. The number of para-hydroxylation sites is 2. The van der Waals surface area contributed by atoms with Crippen LogP contribution in [0.15, 0.2) is 83.7 Å². The van der Waals surface area contributed by atoms with Gasteiger partial charge in [0.25, 0.3) is 5.91 Å². The lowest BCUT2D eigenvalue weighted by molar-refractivity contribution is 0.0949. The first-order valence-corrected chi connectivity index (χ1v) is 9.90. The largest absolute Gasteiger partial charge is 0.457 e. The Hall–Kier alpha value is -3.38. The maximum absolute atomic E-state index is 12.6. The van der Waals surface area contributed by atoms with E-state index in [0.717, 1.165) is 11.3 Å². The first kappa shape index (κ1) is 18.0. The molecular formula is C22H19N3O2S. The minimum atomic E-state index is -0.170. The minimum Gasteiger partial charge on any atom is -0.457 e. The van der Waals surface area contributed by atoms with Crippen molar-refractivity contribution in [2.24, 2.45) is 0 Å². The molecule has 6 heteroatoms. The molecule has 0 aliphatic heterocycles. The standard InChI is InChI=1S/C22H19N3O2S/c26-22(19-8-4-5-9-21(19)27-18-6-2-1-3-7-18)23-12-14-25-13-10-20(24-25)17-11-15-28-16-17/h1-11,13,15-16H,12,14H2,(H,23,26). The number of thiophene rings is 1. The van der Waals surface area contributed by atoms with Crippen LogP contribution in [0.5, 0.6) is 11.5 Å². The predicted molar refractivity (Wildman–Crippen MR) is 111 cm³/mol. The van der Waals surface area contributed by atoms with E-state index in [1.54, 1.807) is 23.5 Å². The number of nitrogens with one attached hydrogen (secondary N) is 1. The van der Waals surface area contributed by atoms with Gasteiger partial charge < -0.3 is 10.1 Å². The zero-order valence-corrected chi connectivity index (χ0v) is 15.9. The minimum absolute atomic E-state index is 0.170. The van der Waals surface area contributed by atoms with Gasteiger partial charge in [-0.3, -0.25) is 9.48 Å². The molecule has 0 saturated carbocycles. The van der Waals surface area contributed by atoms with Crippen molar-refractivity contribution in [3.05, 3.63) is 89.3 Å². The lowest BCUT2D eigenvalue weighted by Gasteiger charge is -2.11. The summed E-state index contributed by atoms with van der Waals surface area (Å²) in [6.07, 6.45) is 1.92. The number of carbonyl (C=O) groups excluding carboxylic acids is 1. The number of rotatable bonds is 7. The number of hydrogen-bond donors (Lipinski definition) is 1. The molecule has 28 heavy (non-hydrogen) atoms. The third kappa shape index (κ3) is 4.29. The molecule has 2 aromatic heterocycles. The molecule has 140 valence electrons. The van der Waals surface area contributed by atoms with Crippen LogP contribution in [0.25, 0.3) is 11.3 Å². The Morgan fingerprint density at radius 2 is 1.86 bits per heavy atom. The van der Waals surface area contributed by atoms with E-state index in [2.05, 4.69) is 15.8 Å². The monoisotopic (exact) mass is 389 g/mol. The molecule has 1 amide bonds. The van der Waals surface area contributed by atoms with E-state index in [1.807, 2.05) is 70.9 Å². The molecule has 5 nitrogen and oxygen atoms in total. The topological polar surface area (TPSA) is 56.2 Å². The SMILES string of the molecule is O=C(NCCn1ccc(-c2ccsc2)n1)c1ccccc1Oc1ccccc1. The highest BCUT2D eigenvalue weighted by molar-refractivity contribution is 7.08. The average molecular weight is 389 g/mol. The van der Waals surface area contributed by atoms with E-state index in [0.29, 0.717) is 30.2 Å². The molecule has 2 heterocycles. The van der Waals surface area contributed by atoms with Crippen molar-refractivity contribution >= 4 is 17.2 Å². The number of ether oxygens (including phenoxy) is 1. The van der Waals surface area contributed by atoms with Crippen molar-refractivity contribution in [2.75, 3.05) is 6.54 Å². The Balaban J connectivity index is 1.37. The predicted octanol–water partition coefficient (Wildman–Crippen LogP) is 4.83. The van der Waals surface area contributed by atoms with E-state index >= 15 is 0 Å². The van der Waals surface area contributed by atoms with Crippen molar-refractivity contribution in [1.82, 2.24) is 15.1 Å². The van der Waals surface area contributed by atoms with E-state index < -0.39 is 0 Å². The van der Waals surface area contributed by atoms with Gasteiger partial charge in [0.2, 0.25) is 0 Å². The van der Waals surface area contributed by atoms with Crippen LogP contribution in [0.1, 0.15) is 10.4 Å². The summed E-state index contributed by atoms with van der Waals surface area (Å²) in [5.74, 6) is 1.06. The summed E-state index contributed by atoms with van der Waals surface area (Å²) in [6.45, 7) is 1.07. The lowest BCUT2D eigenvalue weighted by Crippen LogP contribution is -2.27. The van der Waals surface area contributed by atoms with Crippen molar-refractivity contribution in [3.63, 3.8) is 0 Å². The maximum atomic E-state index is 12.6. The van der Waals surface area contributed by atoms with Gasteiger partial charge >= 0.3 is 0 Å². The molecule has 0 radical (unpaired) electrons. The molecule has 4 aromatic rings. The summed E-state index contributed by atoms with van der Waals surface area (Å²) >= 11 is 1.65. The van der Waals surface area contributed by atoms with Gasteiger partial charge in [-0.2, -0.15) is 16.4 Å². The number of hydrogen-bond acceptors (Lipinski definition) is 4. The molecule has 0 aliphatic rings. The number of benzene rings is 2. The van der Waals surface area contributed by atoms with Gasteiger partial charge in [-0.1, -0.05) is 30.3 Å². The van der Waals surface area contributed by atoms with Crippen molar-refractivity contribution < 1.29 is 9.53 Å². The molecule has 4 rings (SSSR count). The van der Waals surface area contributed by atoms with Gasteiger partial charge in [-0.15, -0.1) is 0 Å². The van der Waals surface area contributed by atoms with Crippen LogP contribution in [0.2, 0.25) is 0 Å². The normalized spacial score (nSPS) is 10.6. The molecule has 0 saturated heterocycles. The average Bonchev–Trinajstić information content (AvgIpc) is 3.41. The highest BCUT2D eigenvalue weighted by atomic mass is 32.1. The summed E-state index contributed by atoms with van der Waals surface area (Å²) in [5, 5.41) is 11.6. The number of amides is 1. The molecule has 0 unspecified atom stereocenters. The first-order valence-electron chi connectivity index (χ1n) is 8.96. The molecule has 0 aliphatic carbocycles. The summed E-state index contributed by atoms with van der Waals surface area (Å²) in [5.41, 5.74) is 2.56. The second-order valence-corrected chi connectivity index (χ2v) is 6.92. The van der Waals surface area contributed by atoms with Crippen molar-refractivity contribution in [3.8, 4) is 22.8 Å². The molecule has 0 fully saturated rings. The van der Waals surface area contributed by atoms with Crippen molar-refractivity contribution in [1.29, 1.82) is 0 Å². The van der Waals surface area contributed by atoms with Crippen LogP contribution in [0, 0.1) is 0 Å². The van der Waals surface area contributed by atoms with Crippen LogP contribution < -0.4 is 10.1 Å². The molecule has 0 bridgehead atoms. The van der Waals surface area contributed by atoms with E-state index in [9.17, 15) is 4.79 Å². The second kappa shape index (κ2) is 8.54. The zero-order chi connectivity index (χ0) is 19.2. The van der Waals surface area contributed by atoms with Gasteiger partial charge in [0.1, 0.15) is 11.5 Å². The van der Waals surface area contributed by atoms with Crippen LogP contribution >= 0.6 is 11.3 Å². The van der Waals surface area contributed by atoms with E-state index in [4.69, 9.17) is 4.74 Å². The molecule has 2 aromatic carbocycles. The Labute approximate surface area is 167 Å². The van der Waals surface area contributed by atoms with Gasteiger partial charge in [-0.05, 0) is 41.8 Å². The Bertz CT molecular complexity index is 1040. The zero-order valence-electron chi connectivity index (χ0n) is 15.1. The molecule has 0 atom stereocenters. The van der Waals surface area contributed by atoms with Crippen LogP contribution in [-0.4, -0.2) is 22.2 Å². The van der Waals surface area contributed by atoms with Gasteiger partial charge in [0.15, 0.2) is 0 Å². The summed E-state index contributed by atoms with van der Waals surface area (Å²) < 4.78 is 7.70. The number of aromatic nitrogens is 2. The fourth-order valence-corrected chi connectivity index (χ4v) is 3.44. The Kier molecular flexibility index (Phi) is 5.49. The first-order chi connectivity index (χ1) is 13.8. The van der Waals surface area contributed by atoms with Crippen LogP contribution in [0.4, 0.5) is 0 Å². The fraction of sp³-hybridized carbons (Fsp3) is 0.0909. The van der Waals surface area contributed by atoms with Crippen LogP contribution in [-0.2, 0) is 6.54 Å². The summed E-state index contributed by atoms with van der Waals surface area (Å²) in [7, 11) is 0.